The van der Waals surface area contributed by atoms with Gasteiger partial charge in [-0.15, -0.1) is 0 Å². The van der Waals surface area contributed by atoms with Crippen LogP contribution in [0.15, 0.2) is 18.2 Å². The highest BCUT2D eigenvalue weighted by molar-refractivity contribution is 5.79. The fourth-order valence-corrected chi connectivity index (χ4v) is 3.32. The zero-order valence-electron chi connectivity index (χ0n) is 11.8. The molecule has 1 N–H and O–H groups in total. The van der Waals surface area contributed by atoms with Crippen LogP contribution in [-0.4, -0.2) is 37.0 Å². The molecule has 0 unspecified atom stereocenters. The molecule has 2 fully saturated rings. The number of carbonyl (C=O) groups is 1. The maximum absolute atomic E-state index is 12.4. The minimum absolute atomic E-state index is 0.295. The van der Waals surface area contributed by atoms with Crippen LogP contribution < -0.4 is 5.32 Å². The van der Waals surface area contributed by atoms with E-state index in [1.807, 2.05) is 0 Å². The van der Waals surface area contributed by atoms with Crippen molar-refractivity contribution in [1.29, 1.82) is 0 Å². The average molecular weight is 258 g/mol. The topological polar surface area (TPSA) is 32.3 Å². The molecule has 0 radical (unpaired) electrons. The van der Waals surface area contributed by atoms with E-state index >= 15 is 0 Å². The van der Waals surface area contributed by atoms with Crippen LogP contribution in [0.5, 0.6) is 0 Å². The van der Waals surface area contributed by atoms with Crippen molar-refractivity contribution in [2.45, 2.75) is 20.3 Å². The largest absolute Gasteiger partial charge is 0.342 e. The summed E-state index contributed by atoms with van der Waals surface area (Å²) in [6, 6.07) is 6.36. The SMILES string of the molecule is Cc1ccc(C)c(CC(=O)N2C[C@H]3CNC[C@H]3C2)c1. The molecule has 2 saturated heterocycles. The lowest BCUT2D eigenvalue weighted by Gasteiger charge is -2.18. The Hall–Kier alpha value is -1.35. The molecular weight excluding hydrogens is 236 g/mol. The molecule has 1 amide bonds. The first-order chi connectivity index (χ1) is 9.13. The fraction of sp³-hybridized carbons (Fsp3) is 0.562. The average Bonchev–Trinajstić information content (AvgIpc) is 2.94. The molecule has 2 aliphatic rings. The normalized spacial score (nSPS) is 25.7. The lowest BCUT2D eigenvalue weighted by Crippen LogP contribution is -2.33. The second-order valence-electron chi connectivity index (χ2n) is 6.08. The quantitative estimate of drug-likeness (QED) is 0.872. The Morgan fingerprint density at radius 1 is 1.26 bits per heavy atom. The smallest absolute Gasteiger partial charge is 0.227 e. The van der Waals surface area contributed by atoms with Crippen LogP contribution in [0.25, 0.3) is 0 Å². The third-order valence-corrected chi connectivity index (χ3v) is 4.59. The van der Waals surface area contributed by atoms with E-state index in [1.165, 1.54) is 16.7 Å². The number of nitrogens with zero attached hydrogens (tertiary/aromatic N) is 1. The minimum atomic E-state index is 0.295. The summed E-state index contributed by atoms with van der Waals surface area (Å²) in [5.74, 6) is 1.66. The van der Waals surface area contributed by atoms with Crippen molar-refractivity contribution in [1.82, 2.24) is 10.2 Å². The summed E-state index contributed by atoms with van der Waals surface area (Å²) in [5.41, 5.74) is 3.64. The summed E-state index contributed by atoms with van der Waals surface area (Å²) < 4.78 is 0. The molecule has 1 aromatic carbocycles. The van der Waals surface area contributed by atoms with Crippen LogP contribution in [0.4, 0.5) is 0 Å². The number of likely N-dealkylation sites (tertiary alicyclic amines) is 1. The van der Waals surface area contributed by atoms with Crippen LogP contribution in [0.1, 0.15) is 16.7 Å². The first kappa shape index (κ1) is 12.7. The fourth-order valence-electron chi connectivity index (χ4n) is 3.32. The van der Waals surface area contributed by atoms with E-state index in [9.17, 15) is 4.79 Å². The Kier molecular flexibility index (Phi) is 3.31. The number of fused-ring (bicyclic) bond motifs is 1. The Morgan fingerprint density at radius 2 is 1.95 bits per heavy atom. The Balaban J connectivity index is 1.67. The molecule has 0 aromatic heterocycles. The van der Waals surface area contributed by atoms with Crippen LogP contribution in [0.3, 0.4) is 0 Å². The zero-order chi connectivity index (χ0) is 13.4. The molecule has 102 valence electrons. The number of benzene rings is 1. The van der Waals surface area contributed by atoms with Gasteiger partial charge in [0.2, 0.25) is 5.91 Å². The number of hydrogen-bond acceptors (Lipinski definition) is 2. The Labute approximate surface area is 115 Å². The van der Waals surface area contributed by atoms with E-state index in [1.54, 1.807) is 0 Å². The molecule has 0 aliphatic carbocycles. The summed E-state index contributed by atoms with van der Waals surface area (Å²) in [5, 5.41) is 3.41. The van der Waals surface area contributed by atoms with Crippen molar-refractivity contribution in [3.63, 3.8) is 0 Å². The van der Waals surface area contributed by atoms with E-state index in [0.29, 0.717) is 24.2 Å². The maximum atomic E-state index is 12.4. The number of hydrogen-bond donors (Lipinski definition) is 1. The van der Waals surface area contributed by atoms with Gasteiger partial charge in [-0.2, -0.15) is 0 Å². The van der Waals surface area contributed by atoms with Gasteiger partial charge < -0.3 is 10.2 Å². The van der Waals surface area contributed by atoms with Gasteiger partial charge in [0.05, 0.1) is 6.42 Å². The van der Waals surface area contributed by atoms with Crippen molar-refractivity contribution >= 4 is 5.91 Å². The summed E-state index contributed by atoms with van der Waals surface area (Å²) in [6.07, 6.45) is 0.556. The van der Waals surface area contributed by atoms with Crippen LogP contribution in [-0.2, 0) is 11.2 Å². The molecule has 1 aromatic rings. The predicted octanol–water partition coefficient (Wildman–Crippen LogP) is 1.52. The monoisotopic (exact) mass is 258 g/mol. The number of aryl methyl sites for hydroxylation is 2. The summed E-state index contributed by atoms with van der Waals surface area (Å²) in [6.45, 7) is 8.22. The van der Waals surface area contributed by atoms with Gasteiger partial charge in [-0.1, -0.05) is 23.8 Å². The Morgan fingerprint density at radius 3 is 2.63 bits per heavy atom. The second kappa shape index (κ2) is 4.97. The number of nitrogens with one attached hydrogen (secondary N) is 1. The zero-order valence-corrected chi connectivity index (χ0v) is 11.8. The van der Waals surface area contributed by atoms with E-state index < -0.39 is 0 Å². The third kappa shape index (κ3) is 2.52. The molecule has 2 heterocycles. The lowest BCUT2D eigenvalue weighted by atomic mass is 10.0. The van der Waals surface area contributed by atoms with Gasteiger partial charge in [-0.3, -0.25) is 4.79 Å². The van der Waals surface area contributed by atoms with Crippen molar-refractivity contribution in [2.24, 2.45) is 11.8 Å². The van der Waals surface area contributed by atoms with Gasteiger partial charge in [0.1, 0.15) is 0 Å². The van der Waals surface area contributed by atoms with E-state index in [0.717, 1.165) is 26.2 Å². The van der Waals surface area contributed by atoms with Gasteiger partial charge in [0, 0.05) is 26.2 Å². The third-order valence-electron chi connectivity index (χ3n) is 4.59. The maximum Gasteiger partial charge on any atom is 0.227 e. The minimum Gasteiger partial charge on any atom is -0.342 e. The molecule has 3 rings (SSSR count). The van der Waals surface area contributed by atoms with Gasteiger partial charge in [-0.05, 0) is 36.8 Å². The van der Waals surface area contributed by atoms with Gasteiger partial charge in [0.15, 0.2) is 0 Å². The molecular formula is C16H22N2O. The second-order valence-corrected chi connectivity index (χ2v) is 6.08. The van der Waals surface area contributed by atoms with Crippen LogP contribution in [0, 0.1) is 25.7 Å². The molecule has 0 spiro atoms. The molecule has 3 nitrogen and oxygen atoms in total. The summed E-state index contributed by atoms with van der Waals surface area (Å²) in [7, 11) is 0. The van der Waals surface area contributed by atoms with Gasteiger partial charge in [-0.25, -0.2) is 0 Å². The summed E-state index contributed by atoms with van der Waals surface area (Å²) in [4.78, 5) is 14.5. The van der Waals surface area contributed by atoms with E-state index in [4.69, 9.17) is 0 Å². The number of amides is 1. The molecule has 2 atom stereocenters. The molecule has 0 bridgehead atoms. The number of carbonyl (C=O) groups excluding carboxylic acids is 1. The van der Waals surface area contributed by atoms with E-state index in [-0.39, 0.29) is 0 Å². The summed E-state index contributed by atoms with van der Waals surface area (Å²) >= 11 is 0. The van der Waals surface area contributed by atoms with Crippen molar-refractivity contribution < 1.29 is 4.79 Å². The Bertz CT molecular complexity index is 486. The molecule has 19 heavy (non-hydrogen) atoms. The standard InChI is InChI=1S/C16H22N2O/c1-11-3-4-12(2)13(5-11)6-16(19)18-9-14-7-17-8-15(14)10-18/h3-5,14-15,17H,6-10H2,1-2H3/t14-,15+. The first-order valence-electron chi connectivity index (χ1n) is 7.18. The lowest BCUT2D eigenvalue weighted by molar-refractivity contribution is -0.129. The highest BCUT2D eigenvalue weighted by Crippen LogP contribution is 2.27. The number of rotatable bonds is 2. The van der Waals surface area contributed by atoms with Crippen molar-refractivity contribution in [2.75, 3.05) is 26.2 Å². The molecule has 3 heteroatoms. The molecule has 2 aliphatic heterocycles. The van der Waals surface area contributed by atoms with Crippen LogP contribution >= 0.6 is 0 Å². The first-order valence-corrected chi connectivity index (χ1v) is 7.18. The highest BCUT2D eigenvalue weighted by Gasteiger charge is 2.37. The van der Waals surface area contributed by atoms with Gasteiger partial charge in [0.25, 0.3) is 0 Å². The van der Waals surface area contributed by atoms with Crippen molar-refractivity contribution in [3.8, 4) is 0 Å². The van der Waals surface area contributed by atoms with Gasteiger partial charge >= 0.3 is 0 Å². The highest BCUT2D eigenvalue weighted by atomic mass is 16.2. The van der Waals surface area contributed by atoms with Crippen molar-refractivity contribution in [3.05, 3.63) is 34.9 Å². The predicted molar refractivity (Wildman–Crippen MR) is 76.0 cm³/mol. The van der Waals surface area contributed by atoms with Crippen LogP contribution in [0.2, 0.25) is 0 Å². The molecule has 0 saturated carbocycles. The van der Waals surface area contributed by atoms with E-state index in [2.05, 4.69) is 42.3 Å².